The van der Waals surface area contributed by atoms with Crippen molar-refractivity contribution >= 4 is 0 Å². The van der Waals surface area contributed by atoms with Crippen molar-refractivity contribution in [3.63, 3.8) is 0 Å². The highest BCUT2D eigenvalue weighted by molar-refractivity contribution is 4.88. The van der Waals surface area contributed by atoms with Crippen LogP contribution in [0.2, 0.25) is 0 Å². The number of fused-ring (bicyclic) bond motifs is 1. The van der Waals surface area contributed by atoms with Crippen molar-refractivity contribution in [2.75, 3.05) is 20.3 Å². The van der Waals surface area contributed by atoms with Gasteiger partial charge in [-0.1, -0.05) is 0 Å². The lowest BCUT2D eigenvalue weighted by molar-refractivity contribution is 0.112. The smallest absolute Gasteiger partial charge is 0.0740 e. The molecule has 0 radical (unpaired) electrons. The summed E-state index contributed by atoms with van der Waals surface area (Å²) in [6, 6.07) is 0.704. The van der Waals surface area contributed by atoms with Crippen LogP contribution in [0.5, 0.6) is 0 Å². The molecule has 0 amide bonds. The summed E-state index contributed by atoms with van der Waals surface area (Å²) in [4.78, 5) is 0. The van der Waals surface area contributed by atoms with Crippen LogP contribution in [0.1, 0.15) is 12.8 Å². The van der Waals surface area contributed by atoms with Crippen LogP contribution in [0, 0.1) is 0 Å². The first-order valence-electron chi connectivity index (χ1n) is 3.76. The first-order chi connectivity index (χ1) is 4.97. The van der Waals surface area contributed by atoms with E-state index in [4.69, 9.17) is 9.84 Å². The zero-order valence-electron chi connectivity index (χ0n) is 6.34. The molecule has 10 heavy (non-hydrogen) atoms. The fraction of sp³-hybridized carbons (Fsp3) is 1.00. The fourth-order valence-corrected chi connectivity index (χ4v) is 1.58. The number of ether oxygens (including phenoxy) is 1. The average molecular weight is 145 g/mol. The maximum atomic E-state index is 7.00. The molecule has 0 aromatic rings. The van der Waals surface area contributed by atoms with Crippen LogP contribution < -0.4 is 5.32 Å². The van der Waals surface area contributed by atoms with E-state index in [1.807, 2.05) is 0 Å². The monoisotopic (exact) mass is 145 g/mol. The van der Waals surface area contributed by atoms with E-state index in [9.17, 15) is 0 Å². The van der Waals surface area contributed by atoms with Crippen LogP contribution in [0.4, 0.5) is 0 Å². The molecule has 2 heterocycles. The first kappa shape index (κ1) is 7.98. The molecule has 2 fully saturated rings. The molecule has 2 aliphatic heterocycles. The largest absolute Gasteiger partial charge is 0.400 e. The van der Waals surface area contributed by atoms with Crippen molar-refractivity contribution in [2.45, 2.75) is 25.0 Å². The summed E-state index contributed by atoms with van der Waals surface area (Å²) in [6.45, 7) is 2.14. The zero-order valence-corrected chi connectivity index (χ0v) is 6.34. The maximum absolute atomic E-state index is 7.00. The zero-order chi connectivity index (χ0) is 7.40. The van der Waals surface area contributed by atoms with Crippen molar-refractivity contribution in [2.24, 2.45) is 0 Å². The van der Waals surface area contributed by atoms with Gasteiger partial charge in [-0.3, -0.25) is 0 Å². The predicted molar refractivity (Wildman–Crippen MR) is 38.9 cm³/mol. The second-order valence-corrected chi connectivity index (χ2v) is 2.55. The van der Waals surface area contributed by atoms with Gasteiger partial charge in [0.25, 0.3) is 0 Å². The summed E-state index contributed by atoms with van der Waals surface area (Å²) in [6.07, 6.45) is 3.02. The topological polar surface area (TPSA) is 41.5 Å². The van der Waals surface area contributed by atoms with Gasteiger partial charge in [0.05, 0.1) is 6.10 Å². The third-order valence-corrected chi connectivity index (χ3v) is 2.04. The van der Waals surface area contributed by atoms with Crippen LogP contribution in [0.25, 0.3) is 0 Å². The van der Waals surface area contributed by atoms with E-state index in [2.05, 4.69) is 5.32 Å². The van der Waals surface area contributed by atoms with Crippen molar-refractivity contribution in [1.29, 1.82) is 0 Å². The van der Waals surface area contributed by atoms with E-state index >= 15 is 0 Å². The quantitative estimate of drug-likeness (QED) is 0.493. The van der Waals surface area contributed by atoms with Gasteiger partial charge in [0, 0.05) is 19.8 Å². The molecule has 2 rings (SSSR count). The minimum Gasteiger partial charge on any atom is -0.400 e. The highest BCUT2D eigenvalue weighted by Crippen LogP contribution is 2.20. The highest BCUT2D eigenvalue weighted by atomic mass is 16.5. The molecule has 0 aromatic heterocycles. The summed E-state index contributed by atoms with van der Waals surface area (Å²) < 4.78 is 5.41. The Balaban J connectivity index is 0.000000231. The minimum absolute atomic E-state index is 0.565. The molecule has 3 heteroatoms. The predicted octanol–water partition coefficient (Wildman–Crippen LogP) is -0.254. The number of aliphatic hydroxyl groups is 1. The second-order valence-electron chi connectivity index (χ2n) is 2.55. The number of hydrogen-bond acceptors (Lipinski definition) is 3. The third-order valence-electron chi connectivity index (χ3n) is 2.04. The van der Waals surface area contributed by atoms with E-state index < -0.39 is 0 Å². The fourth-order valence-electron chi connectivity index (χ4n) is 1.58. The van der Waals surface area contributed by atoms with Crippen LogP contribution in [0.3, 0.4) is 0 Å². The van der Waals surface area contributed by atoms with Crippen molar-refractivity contribution in [3.05, 3.63) is 0 Å². The molecule has 2 N–H and O–H groups in total. The molecule has 3 nitrogen and oxygen atoms in total. The summed E-state index contributed by atoms with van der Waals surface area (Å²) >= 11 is 0. The third kappa shape index (κ3) is 1.48. The van der Waals surface area contributed by atoms with Gasteiger partial charge in [0.2, 0.25) is 0 Å². The average Bonchev–Trinajstić information content (AvgIpc) is 2.49. The van der Waals surface area contributed by atoms with Gasteiger partial charge in [0.1, 0.15) is 0 Å². The lowest BCUT2D eigenvalue weighted by Gasteiger charge is -2.04. The van der Waals surface area contributed by atoms with Crippen molar-refractivity contribution in [1.82, 2.24) is 5.32 Å². The van der Waals surface area contributed by atoms with Crippen LogP contribution >= 0.6 is 0 Å². The van der Waals surface area contributed by atoms with Crippen molar-refractivity contribution < 1.29 is 9.84 Å². The Bertz CT molecular complexity index is 77.6. The van der Waals surface area contributed by atoms with E-state index in [0.717, 1.165) is 20.3 Å². The number of rotatable bonds is 0. The molecule has 2 aliphatic rings. The first-order valence-corrected chi connectivity index (χ1v) is 3.76. The van der Waals surface area contributed by atoms with Crippen molar-refractivity contribution in [3.8, 4) is 0 Å². The second kappa shape index (κ2) is 3.91. The van der Waals surface area contributed by atoms with E-state index in [-0.39, 0.29) is 0 Å². The normalized spacial score (nSPS) is 36.6. The van der Waals surface area contributed by atoms with Gasteiger partial charge in [-0.25, -0.2) is 0 Å². The molecule has 0 saturated carbocycles. The Morgan fingerprint density at radius 1 is 1.40 bits per heavy atom. The number of nitrogens with one attached hydrogen (secondary N) is 1. The molecule has 0 unspecified atom stereocenters. The molecule has 0 aliphatic carbocycles. The van der Waals surface area contributed by atoms with Gasteiger partial charge in [-0.15, -0.1) is 0 Å². The van der Waals surface area contributed by atoms with Gasteiger partial charge in [-0.05, 0) is 19.4 Å². The summed E-state index contributed by atoms with van der Waals surface area (Å²) in [5, 5.41) is 10.4. The Morgan fingerprint density at radius 3 is 2.90 bits per heavy atom. The van der Waals surface area contributed by atoms with E-state index in [1.54, 1.807) is 0 Å². The maximum Gasteiger partial charge on any atom is 0.0740 e. The molecule has 2 atom stereocenters. The highest BCUT2D eigenvalue weighted by Gasteiger charge is 2.31. The van der Waals surface area contributed by atoms with Crippen LogP contribution in [0.15, 0.2) is 0 Å². The molecule has 0 spiro atoms. The molecule has 2 saturated heterocycles. The summed E-state index contributed by atoms with van der Waals surface area (Å²) in [5.41, 5.74) is 0. The molecule has 0 bridgehead atoms. The van der Waals surface area contributed by atoms with Gasteiger partial charge in [-0.2, -0.15) is 0 Å². The van der Waals surface area contributed by atoms with E-state index in [0.29, 0.717) is 12.1 Å². The summed E-state index contributed by atoms with van der Waals surface area (Å²) in [7, 11) is 1.00. The molecule has 60 valence electrons. The van der Waals surface area contributed by atoms with Gasteiger partial charge >= 0.3 is 0 Å². The molecule has 0 aromatic carbocycles. The Kier molecular flexibility index (Phi) is 3.12. The Hall–Kier alpha value is -0.120. The minimum atomic E-state index is 0.565. The number of hydrogen-bond donors (Lipinski definition) is 2. The Labute approximate surface area is 61.4 Å². The summed E-state index contributed by atoms with van der Waals surface area (Å²) in [5.74, 6) is 0. The lowest BCUT2D eigenvalue weighted by atomic mass is 10.2. The Morgan fingerprint density at radius 2 is 2.20 bits per heavy atom. The standard InChI is InChI=1S/C6H11NO.CH4O/c1-3-7-5-2-4-8-6(1)5;1-2/h5-7H,1-4H2;2H,1H3/t5-,6-;/m1./s1. The number of aliphatic hydroxyl groups excluding tert-OH is 1. The SMILES string of the molecule is C1C[C@H]2OCC[C@H]2N1.CO. The van der Waals surface area contributed by atoms with Gasteiger partial charge < -0.3 is 15.2 Å². The van der Waals surface area contributed by atoms with E-state index in [1.165, 1.54) is 12.8 Å². The van der Waals surface area contributed by atoms with Crippen LogP contribution in [-0.2, 0) is 4.74 Å². The lowest BCUT2D eigenvalue weighted by Crippen LogP contribution is -2.24. The molecular weight excluding hydrogens is 130 g/mol. The molecular formula is C7H15NO2. The van der Waals surface area contributed by atoms with Gasteiger partial charge in [0.15, 0.2) is 0 Å². The van der Waals surface area contributed by atoms with Crippen LogP contribution in [-0.4, -0.2) is 37.5 Å².